The van der Waals surface area contributed by atoms with Gasteiger partial charge in [-0.1, -0.05) is 13.8 Å². The number of ether oxygens (including phenoxy) is 1. The van der Waals surface area contributed by atoms with Gasteiger partial charge < -0.3 is 20.1 Å². The molecule has 134 valence electrons. The number of aliphatic hydroxyl groups is 1. The zero-order valence-electron chi connectivity index (χ0n) is 15.4. The Morgan fingerprint density at radius 2 is 1.91 bits per heavy atom. The minimum atomic E-state index is -0.165. The maximum absolute atomic E-state index is 10.6. The van der Waals surface area contributed by atoms with E-state index >= 15 is 0 Å². The fourth-order valence-electron chi connectivity index (χ4n) is 6.05. The summed E-state index contributed by atoms with van der Waals surface area (Å²) in [5.74, 6) is 1.41. The molecular weight excluding hydrogens is 288 g/mol. The summed E-state index contributed by atoms with van der Waals surface area (Å²) in [5, 5.41) is 14.5. The Hall–Kier alpha value is -0.160. The Balaban J connectivity index is 1.52. The second-order valence-electron chi connectivity index (χ2n) is 8.89. The molecule has 3 aliphatic rings. The summed E-state index contributed by atoms with van der Waals surface area (Å²) in [6.07, 6.45) is 6.96. The summed E-state index contributed by atoms with van der Waals surface area (Å²) < 4.78 is 5.30. The maximum Gasteiger partial charge on any atom is 0.0699 e. The van der Waals surface area contributed by atoms with E-state index in [2.05, 4.69) is 31.1 Å². The van der Waals surface area contributed by atoms with E-state index in [4.69, 9.17) is 4.74 Å². The summed E-state index contributed by atoms with van der Waals surface area (Å²) in [7, 11) is 4.04. The van der Waals surface area contributed by atoms with Crippen molar-refractivity contribution in [3.63, 3.8) is 0 Å². The standard InChI is InChI=1S/C19H36N2O2/c1-13(2)18-19(12-21(18)3)9-16(17(22)10-19)20-15-7-5-14(6-8-15)11-23-4/h13-18,20,22H,5-12H2,1-4H3/t14?,15?,16-,17-,18?,19?/m1/s1. The van der Waals surface area contributed by atoms with Crippen molar-refractivity contribution < 1.29 is 9.84 Å². The Bertz CT molecular complexity index is 390. The van der Waals surface area contributed by atoms with Gasteiger partial charge in [-0.2, -0.15) is 0 Å². The molecule has 1 aliphatic heterocycles. The largest absolute Gasteiger partial charge is 0.391 e. The molecule has 2 aliphatic carbocycles. The molecule has 1 saturated heterocycles. The highest BCUT2D eigenvalue weighted by Crippen LogP contribution is 2.52. The van der Waals surface area contributed by atoms with Crippen LogP contribution in [0.3, 0.4) is 0 Å². The van der Waals surface area contributed by atoms with E-state index < -0.39 is 0 Å². The third kappa shape index (κ3) is 3.46. The topological polar surface area (TPSA) is 44.7 Å². The molecule has 4 atom stereocenters. The molecule has 0 bridgehead atoms. The maximum atomic E-state index is 10.6. The fourth-order valence-corrected chi connectivity index (χ4v) is 6.05. The van der Waals surface area contributed by atoms with Gasteiger partial charge in [0.1, 0.15) is 0 Å². The van der Waals surface area contributed by atoms with Gasteiger partial charge >= 0.3 is 0 Å². The van der Waals surface area contributed by atoms with E-state index in [0.717, 1.165) is 31.9 Å². The van der Waals surface area contributed by atoms with Gasteiger partial charge in [-0.15, -0.1) is 0 Å². The molecule has 3 fully saturated rings. The highest BCUT2D eigenvalue weighted by Gasteiger charge is 2.58. The summed E-state index contributed by atoms with van der Waals surface area (Å²) in [5.41, 5.74) is 0.354. The summed E-state index contributed by atoms with van der Waals surface area (Å²) >= 11 is 0. The zero-order chi connectivity index (χ0) is 16.6. The summed E-state index contributed by atoms with van der Waals surface area (Å²) in [6.45, 7) is 6.72. The van der Waals surface area contributed by atoms with Crippen LogP contribution >= 0.6 is 0 Å². The van der Waals surface area contributed by atoms with E-state index in [0.29, 0.717) is 29.5 Å². The smallest absolute Gasteiger partial charge is 0.0699 e. The second kappa shape index (κ2) is 6.99. The van der Waals surface area contributed by atoms with Crippen molar-refractivity contribution in [2.45, 2.75) is 76.6 Å². The highest BCUT2D eigenvalue weighted by molar-refractivity contribution is 5.12. The number of hydrogen-bond acceptors (Lipinski definition) is 4. The number of nitrogens with zero attached hydrogens (tertiary/aromatic N) is 1. The van der Waals surface area contributed by atoms with Crippen LogP contribution in [0.2, 0.25) is 0 Å². The third-order valence-corrected chi connectivity index (χ3v) is 6.70. The summed E-state index contributed by atoms with van der Waals surface area (Å²) in [4.78, 5) is 2.48. The highest BCUT2D eigenvalue weighted by atomic mass is 16.5. The number of rotatable bonds is 5. The number of aliphatic hydroxyl groups excluding tert-OH is 1. The average Bonchev–Trinajstić information content (AvgIpc) is 2.78. The molecule has 2 unspecified atom stereocenters. The first kappa shape index (κ1) is 17.7. The van der Waals surface area contributed by atoms with Crippen LogP contribution in [-0.4, -0.2) is 61.5 Å². The van der Waals surface area contributed by atoms with Gasteiger partial charge in [-0.05, 0) is 57.4 Å². The van der Waals surface area contributed by atoms with Crippen molar-refractivity contribution >= 4 is 0 Å². The molecule has 1 spiro atoms. The molecule has 4 heteroatoms. The Morgan fingerprint density at radius 3 is 2.48 bits per heavy atom. The van der Waals surface area contributed by atoms with Gasteiger partial charge in [0.25, 0.3) is 0 Å². The number of methoxy groups -OCH3 is 1. The SMILES string of the molecule is COCC1CCC(N[C@@H]2CC3(C[C@H]2O)CN(C)C3C(C)C)CC1. The van der Waals surface area contributed by atoms with Gasteiger partial charge in [-0.3, -0.25) is 0 Å². The summed E-state index contributed by atoms with van der Waals surface area (Å²) in [6, 6.07) is 1.53. The van der Waals surface area contributed by atoms with Crippen molar-refractivity contribution in [2.24, 2.45) is 17.3 Å². The van der Waals surface area contributed by atoms with Crippen LogP contribution in [0.25, 0.3) is 0 Å². The van der Waals surface area contributed by atoms with Gasteiger partial charge in [0.05, 0.1) is 6.10 Å². The minimum absolute atomic E-state index is 0.165. The fraction of sp³-hybridized carbons (Fsp3) is 1.00. The van der Waals surface area contributed by atoms with Gasteiger partial charge in [0.2, 0.25) is 0 Å². The lowest BCUT2D eigenvalue weighted by Gasteiger charge is -2.57. The minimum Gasteiger partial charge on any atom is -0.391 e. The first-order valence-corrected chi connectivity index (χ1v) is 9.58. The Labute approximate surface area is 142 Å². The van der Waals surface area contributed by atoms with E-state index in [9.17, 15) is 5.11 Å². The average molecular weight is 325 g/mol. The molecule has 23 heavy (non-hydrogen) atoms. The predicted molar refractivity (Wildman–Crippen MR) is 93.5 cm³/mol. The number of nitrogens with one attached hydrogen (secondary N) is 1. The first-order valence-electron chi connectivity index (χ1n) is 9.58. The van der Waals surface area contributed by atoms with Crippen LogP contribution in [0.4, 0.5) is 0 Å². The molecule has 0 aromatic rings. The van der Waals surface area contributed by atoms with Crippen molar-refractivity contribution in [1.29, 1.82) is 0 Å². The van der Waals surface area contributed by atoms with Crippen LogP contribution in [-0.2, 0) is 4.74 Å². The lowest BCUT2D eigenvalue weighted by atomic mass is 9.66. The Kier molecular flexibility index (Phi) is 5.37. The molecule has 0 amide bonds. The van der Waals surface area contributed by atoms with Gasteiger partial charge in [0.15, 0.2) is 0 Å². The second-order valence-corrected chi connectivity index (χ2v) is 8.89. The van der Waals surface area contributed by atoms with E-state index in [1.54, 1.807) is 7.11 Å². The van der Waals surface area contributed by atoms with E-state index in [1.807, 2.05) is 0 Å². The van der Waals surface area contributed by atoms with Crippen LogP contribution in [0.1, 0.15) is 52.4 Å². The molecule has 1 heterocycles. The van der Waals surface area contributed by atoms with Crippen molar-refractivity contribution in [1.82, 2.24) is 10.2 Å². The van der Waals surface area contributed by atoms with Gasteiger partial charge in [-0.25, -0.2) is 0 Å². The number of likely N-dealkylation sites (tertiary alicyclic amines) is 1. The van der Waals surface area contributed by atoms with Crippen LogP contribution in [0.15, 0.2) is 0 Å². The molecular formula is C19H36N2O2. The third-order valence-electron chi connectivity index (χ3n) is 6.70. The lowest BCUT2D eigenvalue weighted by Crippen LogP contribution is -2.64. The Morgan fingerprint density at radius 1 is 1.22 bits per heavy atom. The van der Waals surface area contributed by atoms with Crippen molar-refractivity contribution in [2.75, 3.05) is 27.3 Å². The van der Waals surface area contributed by atoms with Gasteiger partial charge in [0, 0.05) is 43.8 Å². The number of hydrogen-bond donors (Lipinski definition) is 2. The van der Waals surface area contributed by atoms with Crippen LogP contribution in [0, 0.1) is 17.3 Å². The van der Waals surface area contributed by atoms with E-state index in [-0.39, 0.29) is 6.10 Å². The quantitative estimate of drug-likeness (QED) is 0.814. The first-order chi connectivity index (χ1) is 10.9. The molecule has 2 saturated carbocycles. The zero-order valence-corrected chi connectivity index (χ0v) is 15.4. The van der Waals surface area contributed by atoms with Crippen molar-refractivity contribution in [3.05, 3.63) is 0 Å². The van der Waals surface area contributed by atoms with E-state index in [1.165, 1.54) is 25.7 Å². The molecule has 3 rings (SSSR count). The lowest BCUT2D eigenvalue weighted by molar-refractivity contribution is -0.0828. The molecule has 4 nitrogen and oxygen atoms in total. The molecule has 2 N–H and O–H groups in total. The van der Waals surface area contributed by atoms with Crippen molar-refractivity contribution in [3.8, 4) is 0 Å². The molecule has 0 aromatic carbocycles. The molecule has 0 radical (unpaired) electrons. The normalized spacial score (nSPS) is 44.9. The predicted octanol–water partition coefficient (Wildman–Crippen LogP) is 2.26. The molecule has 0 aromatic heterocycles. The van der Waals surface area contributed by atoms with Crippen LogP contribution < -0.4 is 5.32 Å². The van der Waals surface area contributed by atoms with Crippen LogP contribution in [0.5, 0.6) is 0 Å². The monoisotopic (exact) mass is 324 g/mol.